The summed E-state index contributed by atoms with van der Waals surface area (Å²) in [5.41, 5.74) is 0.523. The fraction of sp³-hybridized carbons (Fsp3) is 0.579. The molecule has 0 aromatic heterocycles. The molecule has 1 aliphatic heterocycles. The molecule has 2 amide bonds. The third-order valence-electron chi connectivity index (χ3n) is 4.60. The average molecular weight is 347 g/mol. The fourth-order valence-corrected chi connectivity index (χ4v) is 2.94. The monoisotopic (exact) mass is 347 g/mol. The van der Waals surface area contributed by atoms with E-state index in [0.29, 0.717) is 17.9 Å². The molecular formula is C19H29N3O3. The number of ether oxygens (including phenoxy) is 1. The Morgan fingerprint density at radius 2 is 1.76 bits per heavy atom. The molecule has 1 unspecified atom stereocenters. The summed E-state index contributed by atoms with van der Waals surface area (Å²) in [4.78, 5) is 29.6. The number of hydrogen-bond acceptors (Lipinski definition) is 4. The predicted molar refractivity (Wildman–Crippen MR) is 97.8 cm³/mol. The molecule has 1 heterocycles. The highest BCUT2D eigenvalue weighted by Gasteiger charge is 2.29. The Morgan fingerprint density at radius 3 is 2.36 bits per heavy atom. The van der Waals surface area contributed by atoms with Crippen molar-refractivity contribution in [2.75, 3.05) is 40.3 Å². The zero-order valence-electron chi connectivity index (χ0n) is 15.6. The molecule has 1 atom stereocenters. The van der Waals surface area contributed by atoms with E-state index in [0.717, 1.165) is 26.1 Å². The molecule has 0 bridgehead atoms. The van der Waals surface area contributed by atoms with E-state index in [2.05, 4.69) is 17.3 Å². The zero-order chi connectivity index (χ0) is 18.4. The van der Waals surface area contributed by atoms with Gasteiger partial charge in [0.25, 0.3) is 5.91 Å². The Hall–Kier alpha value is -2.08. The van der Waals surface area contributed by atoms with Gasteiger partial charge in [-0.3, -0.25) is 9.59 Å². The maximum atomic E-state index is 12.9. The van der Waals surface area contributed by atoms with Gasteiger partial charge in [-0.2, -0.15) is 0 Å². The van der Waals surface area contributed by atoms with Gasteiger partial charge < -0.3 is 19.9 Å². The van der Waals surface area contributed by atoms with Crippen molar-refractivity contribution in [1.29, 1.82) is 0 Å². The highest BCUT2D eigenvalue weighted by molar-refractivity contribution is 5.97. The van der Waals surface area contributed by atoms with Crippen LogP contribution in [-0.2, 0) is 4.79 Å². The second-order valence-corrected chi connectivity index (χ2v) is 6.91. The van der Waals surface area contributed by atoms with Gasteiger partial charge in [0.05, 0.1) is 7.11 Å². The molecule has 0 radical (unpaired) electrons. The maximum absolute atomic E-state index is 12.9. The normalized spacial score (nSPS) is 17.1. The topological polar surface area (TPSA) is 61.9 Å². The number of carbonyl (C=O) groups is 2. The molecule has 0 spiro atoms. The van der Waals surface area contributed by atoms with Crippen LogP contribution in [0.1, 0.15) is 30.6 Å². The Labute approximate surface area is 150 Å². The molecule has 1 N–H and O–H groups in total. The summed E-state index contributed by atoms with van der Waals surface area (Å²) >= 11 is 0. The molecule has 0 aliphatic carbocycles. The summed E-state index contributed by atoms with van der Waals surface area (Å²) in [6.07, 6.45) is 0.958. The second kappa shape index (κ2) is 8.85. The van der Waals surface area contributed by atoms with Gasteiger partial charge in [-0.1, -0.05) is 13.8 Å². The number of methoxy groups -OCH3 is 1. The third-order valence-corrected chi connectivity index (χ3v) is 4.60. The largest absolute Gasteiger partial charge is 0.497 e. The van der Waals surface area contributed by atoms with E-state index in [1.807, 2.05) is 18.7 Å². The first-order valence-corrected chi connectivity index (χ1v) is 8.84. The van der Waals surface area contributed by atoms with Gasteiger partial charge in [0.2, 0.25) is 5.91 Å². The number of nitrogens with one attached hydrogen (secondary N) is 1. The van der Waals surface area contributed by atoms with Gasteiger partial charge in [-0.15, -0.1) is 0 Å². The van der Waals surface area contributed by atoms with Crippen LogP contribution in [0.5, 0.6) is 5.75 Å². The van der Waals surface area contributed by atoms with E-state index in [1.54, 1.807) is 31.4 Å². The first-order valence-electron chi connectivity index (χ1n) is 8.84. The molecule has 1 saturated heterocycles. The van der Waals surface area contributed by atoms with E-state index in [-0.39, 0.29) is 17.7 Å². The molecule has 6 heteroatoms. The Kier molecular flexibility index (Phi) is 6.82. The lowest BCUT2D eigenvalue weighted by atomic mass is 10.0. The van der Waals surface area contributed by atoms with Gasteiger partial charge in [-0.05, 0) is 50.2 Å². The summed E-state index contributed by atoms with van der Waals surface area (Å²) < 4.78 is 5.11. The second-order valence-electron chi connectivity index (χ2n) is 6.91. The zero-order valence-corrected chi connectivity index (χ0v) is 15.6. The molecule has 2 rings (SSSR count). The van der Waals surface area contributed by atoms with Crippen LogP contribution in [0.25, 0.3) is 0 Å². The molecule has 1 aromatic rings. The van der Waals surface area contributed by atoms with E-state index in [4.69, 9.17) is 4.74 Å². The van der Waals surface area contributed by atoms with Crippen LogP contribution in [0.3, 0.4) is 0 Å². The number of likely N-dealkylation sites (N-methyl/N-ethyl adjacent to an activating group) is 1. The van der Waals surface area contributed by atoms with Crippen LogP contribution in [0, 0.1) is 5.92 Å². The highest BCUT2D eigenvalue weighted by atomic mass is 16.5. The van der Waals surface area contributed by atoms with E-state index >= 15 is 0 Å². The molecule has 1 aromatic carbocycles. The molecule has 138 valence electrons. The number of amides is 2. The van der Waals surface area contributed by atoms with Gasteiger partial charge in [-0.25, -0.2) is 0 Å². The van der Waals surface area contributed by atoms with Crippen molar-refractivity contribution in [3.8, 4) is 5.75 Å². The van der Waals surface area contributed by atoms with Crippen LogP contribution >= 0.6 is 0 Å². The highest BCUT2D eigenvalue weighted by Crippen LogP contribution is 2.14. The molecular weight excluding hydrogens is 318 g/mol. The number of carbonyl (C=O) groups excluding carboxylic acids is 2. The van der Waals surface area contributed by atoms with Crippen LogP contribution in [0.2, 0.25) is 0 Å². The number of rotatable bonds is 5. The van der Waals surface area contributed by atoms with Gasteiger partial charge in [0.15, 0.2) is 0 Å². The Bertz CT molecular complexity index is 586. The minimum atomic E-state index is -0.516. The first-order chi connectivity index (χ1) is 11.9. The van der Waals surface area contributed by atoms with Crippen molar-refractivity contribution in [1.82, 2.24) is 15.1 Å². The first kappa shape index (κ1) is 19.2. The number of nitrogens with zero attached hydrogens (tertiary/aromatic N) is 2. The smallest absolute Gasteiger partial charge is 0.251 e. The lowest BCUT2D eigenvalue weighted by molar-refractivity contribution is -0.134. The standard InChI is InChI=1S/C19H29N3O3/c1-14(2)17(19(24)22-11-5-10-21(3)12-13-22)20-18(23)15-6-8-16(25-4)9-7-15/h6-9,14,17H,5,10-13H2,1-4H3,(H,20,23). The van der Waals surface area contributed by atoms with Crippen LogP contribution in [0.4, 0.5) is 0 Å². The molecule has 25 heavy (non-hydrogen) atoms. The van der Waals surface area contributed by atoms with Crippen molar-refractivity contribution in [3.63, 3.8) is 0 Å². The number of hydrogen-bond donors (Lipinski definition) is 1. The van der Waals surface area contributed by atoms with Gasteiger partial charge in [0.1, 0.15) is 11.8 Å². The summed E-state index contributed by atoms with van der Waals surface area (Å²) in [5, 5.41) is 2.91. The predicted octanol–water partition coefficient (Wildman–Crippen LogP) is 1.61. The van der Waals surface area contributed by atoms with Crippen molar-refractivity contribution in [2.45, 2.75) is 26.3 Å². The summed E-state index contributed by atoms with van der Waals surface area (Å²) in [7, 11) is 3.65. The summed E-state index contributed by atoms with van der Waals surface area (Å²) in [6, 6.07) is 6.38. The van der Waals surface area contributed by atoms with Crippen molar-refractivity contribution >= 4 is 11.8 Å². The molecule has 0 saturated carbocycles. The lowest BCUT2D eigenvalue weighted by Gasteiger charge is -2.29. The maximum Gasteiger partial charge on any atom is 0.251 e. The van der Waals surface area contributed by atoms with E-state index < -0.39 is 6.04 Å². The number of benzene rings is 1. The molecule has 1 aliphatic rings. The molecule has 1 fully saturated rings. The average Bonchev–Trinajstić information content (AvgIpc) is 2.83. The quantitative estimate of drug-likeness (QED) is 0.879. The van der Waals surface area contributed by atoms with Crippen molar-refractivity contribution < 1.29 is 14.3 Å². The van der Waals surface area contributed by atoms with E-state index in [9.17, 15) is 9.59 Å². The van der Waals surface area contributed by atoms with Gasteiger partial charge >= 0.3 is 0 Å². The third kappa shape index (κ3) is 5.19. The Morgan fingerprint density at radius 1 is 1.08 bits per heavy atom. The van der Waals surface area contributed by atoms with Crippen molar-refractivity contribution in [3.05, 3.63) is 29.8 Å². The lowest BCUT2D eigenvalue weighted by Crippen LogP contribution is -2.52. The van der Waals surface area contributed by atoms with Gasteiger partial charge in [0, 0.05) is 25.2 Å². The van der Waals surface area contributed by atoms with Crippen LogP contribution in [-0.4, -0.2) is 68.0 Å². The molecule has 6 nitrogen and oxygen atoms in total. The van der Waals surface area contributed by atoms with E-state index in [1.165, 1.54) is 0 Å². The summed E-state index contributed by atoms with van der Waals surface area (Å²) in [6.45, 7) is 7.22. The summed E-state index contributed by atoms with van der Waals surface area (Å²) in [5.74, 6) is 0.492. The minimum absolute atomic E-state index is 0.00663. The minimum Gasteiger partial charge on any atom is -0.497 e. The SMILES string of the molecule is COc1ccc(C(=O)NC(C(=O)N2CCCN(C)CC2)C(C)C)cc1. The van der Waals surface area contributed by atoms with Crippen molar-refractivity contribution in [2.24, 2.45) is 5.92 Å². The van der Waals surface area contributed by atoms with Crippen LogP contribution in [0.15, 0.2) is 24.3 Å². The Balaban J connectivity index is 2.06. The van der Waals surface area contributed by atoms with Crippen LogP contribution < -0.4 is 10.1 Å². The fourth-order valence-electron chi connectivity index (χ4n) is 2.94.